The minimum absolute atomic E-state index is 0.251. The molecule has 0 saturated heterocycles. The number of alkyl halides is 3. The van der Waals surface area contributed by atoms with E-state index in [4.69, 9.17) is 34.8 Å². The summed E-state index contributed by atoms with van der Waals surface area (Å²) in [6.45, 7) is 1.31. The number of rotatable bonds is 7. The number of amides is 1. The van der Waals surface area contributed by atoms with Gasteiger partial charge < -0.3 is 15.7 Å². The van der Waals surface area contributed by atoms with Gasteiger partial charge in [0.25, 0.3) is 9.70 Å². The van der Waals surface area contributed by atoms with Crippen LogP contribution in [-0.2, 0) is 17.8 Å². The van der Waals surface area contributed by atoms with E-state index in [1.165, 1.54) is 5.57 Å². The molecule has 0 heterocycles. The highest BCUT2D eigenvalue weighted by Gasteiger charge is 2.40. The molecule has 0 bridgehead atoms. The van der Waals surface area contributed by atoms with Crippen molar-refractivity contribution in [2.75, 3.05) is 6.54 Å². The van der Waals surface area contributed by atoms with E-state index < -0.39 is 15.2 Å². The minimum atomic E-state index is -2.01. The number of aromatic hydroxyl groups is 1. The van der Waals surface area contributed by atoms with Crippen molar-refractivity contribution in [2.24, 2.45) is 0 Å². The number of nitrogens with one attached hydrogen (secondary N) is 2. The summed E-state index contributed by atoms with van der Waals surface area (Å²) in [7, 11) is 0. The third kappa shape index (κ3) is 6.38. The van der Waals surface area contributed by atoms with E-state index >= 15 is 0 Å². The highest BCUT2D eigenvalue weighted by Crippen LogP contribution is 2.34. The molecule has 29 heavy (non-hydrogen) atoms. The summed E-state index contributed by atoms with van der Waals surface area (Å²) in [5, 5.41) is 15.9. The second-order valence-corrected chi connectivity index (χ2v) is 9.63. The molecule has 1 atom stereocenters. The van der Waals surface area contributed by atoms with Crippen LogP contribution in [0.4, 0.5) is 0 Å². The second-order valence-electron chi connectivity index (χ2n) is 7.35. The van der Waals surface area contributed by atoms with Crippen molar-refractivity contribution in [2.45, 2.75) is 35.1 Å². The van der Waals surface area contributed by atoms with Gasteiger partial charge in [-0.25, -0.2) is 0 Å². The lowest BCUT2D eigenvalue weighted by atomic mass is 9.90. The Morgan fingerprint density at radius 1 is 1.03 bits per heavy atom. The molecule has 1 aliphatic carbocycles. The minimum Gasteiger partial charge on any atom is -0.508 e. The summed E-state index contributed by atoms with van der Waals surface area (Å²) in [6.07, 6.45) is 4.28. The van der Waals surface area contributed by atoms with Gasteiger partial charge in [-0.1, -0.05) is 88.9 Å². The predicted molar refractivity (Wildman–Crippen MR) is 118 cm³/mol. The molecular formula is C22H23Cl3N2O2. The van der Waals surface area contributed by atoms with Crippen molar-refractivity contribution in [3.63, 3.8) is 0 Å². The highest BCUT2D eigenvalue weighted by molar-refractivity contribution is 6.76. The Kier molecular flexibility index (Phi) is 7.12. The zero-order chi connectivity index (χ0) is 20.9. The van der Waals surface area contributed by atoms with Crippen molar-refractivity contribution in [3.05, 3.63) is 77.4 Å². The lowest BCUT2D eigenvalue weighted by Gasteiger charge is -2.30. The topological polar surface area (TPSA) is 61.4 Å². The van der Waals surface area contributed by atoms with Crippen LogP contribution in [0.3, 0.4) is 0 Å². The van der Waals surface area contributed by atoms with Crippen molar-refractivity contribution in [1.29, 1.82) is 0 Å². The first-order valence-corrected chi connectivity index (χ1v) is 10.5. The van der Waals surface area contributed by atoms with E-state index in [1.54, 1.807) is 12.1 Å². The van der Waals surface area contributed by atoms with Crippen LogP contribution in [0.1, 0.15) is 24.0 Å². The molecule has 0 spiro atoms. The fraction of sp³-hybridized carbons (Fsp3) is 0.318. The van der Waals surface area contributed by atoms with Crippen LogP contribution in [0.2, 0.25) is 0 Å². The SMILES string of the molecule is O=C(NC1(Cc2ccccc2)C=C(CNCc2cccc(O)c2)CC1)C(Cl)(Cl)Cl. The van der Waals surface area contributed by atoms with Crippen LogP contribution >= 0.6 is 34.8 Å². The zero-order valence-corrected chi connectivity index (χ0v) is 18.1. The van der Waals surface area contributed by atoms with Gasteiger partial charge in [0.1, 0.15) is 5.75 Å². The average Bonchev–Trinajstić information content (AvgIpc) is 3.04. The normalized spacial score (nSPS) is 19.1. The summed E-state index contributed by atoms with van der Waals surface area (Å²) in [6, 6.07) is 17.1. The molecule has 0 aliphatic heterocycles. The Labute approximate surface area is 185 Å². The molecule has 2 aromatic rings. The van der Waals surface area contributed by atoms with Gasteiger partial charge >= 0.3 is 0 Å². The van der Waals surface area contributed by atoms with Crippen molar-refractivity contribution < 1.29 is 9.90 Å². The van der Waals surface area contributed by atoms with Gasteiger partial charge in [0, 0.05) is 13.1 Å². The number of carbonyl (C=O) groups is 1. The molecule has 0 saturated carbocycles. The van der Waals surface area contributed by atoms with Gasteiger partial charge in [-0.2, -0.15) is 0 Å². The number of hydrogen-bond acceptors (Lipinski definition) is 3. The third-order valence-electron chi connectivity index (χ3n) is 4.95. The van der Waals surface area contributed by atoms with Crippen LogP contribution in [-0.4, -0.2) is 26.9 Å². The molecule has 1 amide bonds. The number of phenols is 1. The Morgan fingerprint density at radius 2 is 1.76 bits per heavy atom. The quantitative estimate of drug-likeness (QED) is 0.422. The lowest BCUT2D eigenvalue weighted by Crippen LogP contribution is -2.51. The lowest BCUT2D eigenvalue weighted by molar-refractivity contribution is -0.121. The largest absolute Gasteiger partial charge is 0.508 e. The van der Waals surface area contributed by atoms with Gasteiger partial charge in [0.2, 0.25) is 0 Å². The van der Waals surface area contributed by atoms with E-state index in [1.807, 2.05) is 42.5 Å². The van der Waals surface area contributed by atoms with Gasteiger partial charge in [-0.05, 0) is 42.5 Å². The molecule has 1 unspecified atom stereocenters. The second kappa shape index (κ2) is 9.40. The van der Waals surface area contributed by atoms with E-state index in [-0.39, 0.29) is 5.75 Å². The fourth-order valence-electron chi connectivity index (χ4n) is 3.63. The van der Waals surface area contributed by atoms with Crippen LogP contribution in [0, 0.1) is 0 Å². The van der Waals surface area contributed by atoms with Gasteiger partial charge in [0.05, 0.1) is 5.54 Å². The molecule has 3 N–H and O–H groups in total. The molecule has 0 radical (unpaired) electrons. The number of halogens is 3. The number of benzene rings is 2. The molecule has 1 aliphatic rings. The van der Waals surface area contributed by atoms with E-state index in [9.17, 15) is 9.90 Å². The standard InChI is InChI=1S/C22H23Cl3N2O2/c23-22(24,25)20(29)27-21(12-16-5-2-1-3-6-16)10-9-18(13-21)15-26-14-17-7-4-8-19(28)11-17/h1-8,11,13,26,28H,9-10,12,14-15H2,(H,27,29). The summed E-state index contributed by atoms with van der Waals surface area (Å²) in [5.41, 5.74) is 2.70. The van der Waals surface area contributed by atoms with Crippen LogP contribution < -0.4 is 10.6 Å². The van der Waals surface area contributed by atoms with E-state index in [2.05, 4.69) is 16.7 Å². The number of phenolic OH excluding ortho intramolecular Hbond substituents is 1. The van der Waals surface area contributed by atoms with Crippen LogP contribution in [0.5, 0.6) is 5.75 Å². The number of hydrogen-bond donors (Lipinski definition) is 3. The predicted octanol–water partition coefficient (Wildman–Crippen LogP) is 4.67. The molecule has 0 fully saturated rings. The molecule has 154 valence electrons. The average molecular weight is 454 g/mol. The Bertz CT molecular complexity index is 881. The van der Waals surface area contributed by atoms with Crippen molar-refractivity contribution >= 4 is 40.7 Å². The molecular weight excluding hydrogens is 431 g/mol. The molecule has 3 rings (SSSR count). The maximum Gasteiger partial charge on any atom is 0.272 e. The maximum atomic E-state index is 12.4. The summed E-state index contributed by atoms with van der Waals surface area (Å²) in [4.78, 5) is 12.4. The Hall–Kier alpha value is -1.72. The summed E-state index contributed by atoms with van der Waals surface area (Å²) < 4.78 is -2.01. The van der Waals surface area contributed by atoms with E-state index in [0.717, 1.165) is 24.0 Å². The van der Waals surface area contributed by atoms with Gasteiger partial charge in [-0.3, -0.25) is 4.79 Å². The van der Waals surface area contributed by atoms with Gasteiger partial charge in [0.15, 0.2) is 0 Å². The summed E-state index contributed by atoms with van der Waals surface area (Å²) >= 11 is 17.4. The van der Waals surface area contributed by atoms with Crippen LogP contribution in [0.25, 0.3) is 0 Å². The fourth-order valence-corrected chi connectivity index (χ4v) is 3.77. The highest BCUT2D eigenvalue weighted by atomic mass is 35.6. The first-order valence-electron chi connectivity index (χ1n) is 9.38. The zero-order valence-electron chi connectivity index (χ0n) is 15.8. The smallest absolute Gasteiger partial charge is 0.272 e. The first-order chi connectivity index (χ1) is 13.8. The van der Waals surface area contributed by atoms with Crippen molar-refractivity contribution in [3.8, 4) is 5.75 Å². The molecule has 7 heteroatoms. The summed E-state index contributed by atoms with van der Waals surface area (Å²) in [5.74, 6) is -0.371. The third-order valence-corrected chi connectivity index (χ3v) is 5.46. The Balaban J connectivity index is 1.70. The van der Waals surface area contributed by atoms with E-state index in [0.29, 0.717) is 19.5 Å². The maximum absolute atomic E-state index is 12.4. The molecule has 0 aromatic heterocycles. The van der Waals surface area contributed by atoms with Crippen molar-refractivity contribution in [1.82, 2.24) is 10.6 Å². The molecule has 2 aromatic carbocycles. The monoisotopic (exact) mass is 452 g/mol. The Morgan fingerprint density at radius 3 is 2.45 bits per heavy atom. The first kappa shape index (κ1) is 22.0. The van der Waals surface area contributed by atoms with Crippen LogP contribution in [0.15, 0.2) is 66.2 Å². The number of carbonyl (C=O) groups excluding carboxylic acids is 1. The van der Waals surface area contributed by atoms with Gasteiger partial charge in [-0.15, -0.1) is 0 Å². The molecule has 4 nitrogen and oxygen atoms in total.